The van der Waals surface area contributed by atoms with Crippen molar-refractivity contribution >= 4 is 35.1 Å². The van der Waals surface area contributed by atoms with Crippen molar-refractivity contribution in [1.82, 2.24) is 10.6 Å². The number of carbonyl (C=O) groups is 3. The van der Waals surface area contributed by atoms with Crippen molar-refractivity contribution in [3.63, 3.8) is 0 Å². The monoisotopic (exact) mass is 433 g/mol. The first-order valence-electron chi connectivity index (χ1n) is 7.73. The molecule has 4 amide bonds. The Labute approximate surface area is 164 Å². The van der Waals surface area contributed by atoms with Crippen LogP contribution in [-0.2, 0) is 4.79 Å². The zero-order valence-electron chi connectivity index (χ0n) is 14.0. The molecule has 3 rings (SSSR count). The average molecular weight is 434 g/mol. The molecule has 0 aliphatic carbocycles. The van der Waals surface area contributed by atoms with E-state index in [4.69, 9.17) is 11.6 Å². The van der Waals surface area contributed by atoms with Crippen LogP contribution in [0.2, 0.25) is 5.02 Å². The Balaban J connectivity index is 2.04. The molecule has 0 saturated carbocycles. The van der Waals surface area contributed by atoms with E-state index in [1.165, 1.54) is 22.8 Å². The molecule has 2 aromatic carbocycles. The molecule has 0 radical (unpaired) electrons. The number of hydrogen-bond acceptors (Lipinski definition) is 3. The Morgan fingerprint density at radius 2 is 1.72 bits per heavy atom. The Kier molecular flexibility index (Phi) is 4.95. The highest BCUT2D eigenvalue weighted by molar-refractivity contribution is 6.31. The predicted octanol–water partition coefficient (Wildman–Crippen LogP) is 3.36. The minimum atomic E-state index is -5.50. The van der Waals surface area contributed by atoms with E-state index in [2.05, 4.69) is 0 Å². The second kappa shape index (κ2) is 6.99. The van der Waals surface area contributed by atoms with E-state index in [0.717, 1.165) is 30.3 Å². The average Bonchev–Trinajstić information content (AvgIpc) is 2.88. The van der Waals surface area contributed by atoms with Crippen LogP contribution >= 0.6 is 11.6 Å². The molecule has 12 heteroatoms. The molecule has 6 nitrogen and oxygen atoms in total. The summed E-state index contributed by atoms with van der Waals surface area (Å²) in [6, 6.07) is 4.93. The Hall–Kier alpha value is -3.21. The van der Waals surface area contributed by atoms with Crippen LogP contribution in [0.3, 0.4) is 0 Å². The van der Waals surface area contributed by atoms with Gasteiger partial charge in [0.1, 0.15) is 11.6 Å². The first-order chi connectivity index (χ1) is 13.5. The largest absolute Gasteiger partial charge is 0.440 e. The van der Waals surface area contributed by atoms with E-state index < -0.39 is 57.6 Å². The lowest BCUT2D eigenvalue weighted by atomic mass is 10.1. The van der Waals surface area contributed by atoms with Crippen LogP contribution in [0, 0.1) is 11.6 Å². The first kappa shape index (κ1) is 20.5. The topological polar surface area (TPSA) is 78.5 Å². The summed E-state index contributed by atoms with van der Waals surface area (Å²) < 4.78 is 68.4. The molecule has 1 saturated heterocycles. The van der Waals surface area contributed by atoms with E-state index in [1.54, 1.807) is 0 Å². The van der Waals surface area contributed by atoms with Gasteiger partial charge in [0.25, 0.3) is 17.5 Å². The molecule has 0 bridgehead atoms. The Morgan fingerprint density at radius 1 is 1.07 bits per heavy atom. The summed E-state index contributed by atoms with van der Waals surface area (Å²) in [6.45, 7) is 0. The maximum atomic E-state index is 13.8. The lowest BCUT2D eigenvalue weighted by Gasteiger charge is -2.29. The van der Waals surface area contributed by atoms with Gasteiger partial charge in [0.2, 0.25) is 0 Å². The minimum Gasteiger partial charge on any atom is -0.314 e. The summed E-state index contributed by atoms with van der Waals surface area (Å²) in [4.78, 5) is 37.0. The number of amides is 4. The van der Waals surface area contributed by atoms with Crippen molar-refractivity contribution in [2.75, 3.05) is 4.90 Å². The number of halogens is 6. The molecule has 1 aliphatic rings. The second-order valence-electron chi connectivity index (χ2n) is 5.85. The number of nitrogens with zero attached hydrogens (tertiary/aromatic N) is 1. The van der Waals surface area contributed by atoms with Crippen LogP contribution in [0.5, 0.6) is 0 Å². The summed E-state index contributed by atoms with van der Waals surface area (Å²) in [5.41, 5.74) is -5.11. The van der Waals surface area contributed by atoms with E-state index in [-0.39, 0.29) is 4.90 Å². The molecule has 29 heavy (non-hydrogen) atoms. The molecule has 0 unspecified atom stereocenters. The molecular formula is C17H9ClF5N3O3. The fourth-order valence-electron chi connectivity index (χ4n) is 2.62. The van der Waals surface area contributed by atoms with Gasteiger partial charge in [-0.3, -0.25) is 14.9 Å². The maximum absolute atomic E-state index is 13.8. The Morgan fingerprint density at radius 3 is 2.31 bits per heavy atom. The van der Waals surface area contributed by atoms with E-state index in [0.29, 0.717) is 0 Å². The number of nitrogens with one attached hydrogen (secondary N) is 2. The van der Waals surface area contributed by atoms with Gasteiger partial charge < -0.3 is 5.32 Å². The van der Waals surface area contributed by atoms with Gasteiger partial charge in [0, 0.05) is 0 Å². The molecule has 2 aromatic rings. The second-order valence-corrected chi connectivity index (χ2v) is 6.26. The molecule has 1 atom stereocenters. The third kappa shape index (κ3) is 3.37. The molecular weight excluding hydrogens is 425 g/mol. The van der Waals surface area contributed by atoms with Gasteiger partial charge in [-0.25, -0.2) is 18.5 Å². The third-order valence-electron chi connectivity index (χ3n) is 4.03. The van der Waals surface area contributed by atoms with Gasteiger partial charge >= 0.3 is 12.2 Å². The van der Waals surface area contributed by atoms with E-state index >= 15 is 0 Å². The maximum Gasteiger partial charge on any atom is 0.440 e. The van der Waals surface area contributed by atoms with Gasteiger partial charge in [-0.15, -0.1) is 0 Å². The molecule has 0 spiro atoms. The lowest BCUT2D eigenvalue weighted by molar-refractivity contribution is -0.197. The summed E-state index contributed by atoms with van der Waals surface area (Å²) in [5, 5.41) is 2.19. The number of alkyl halides is 3. The minimum absolute atomic E-state index is 0.0421. The zero-order chi connectivity index (χ0) is 21.6. The highest BCUT2D eigenvalue weighted by Crippen LogP contribution is 2.36. The van der Waals surface area contributed by atoms with Crippen LogP contribution in [-0.4, -0.2) is 29.7 Å². The SMILES string of the molecule is O=C(N[C@@]1(C(F)(F)F)NC(=O)N(c2ccc(F)c(Cl)c2)C1=O)c1ccccc1F. The Bertz CT molecular complexity index is 1030. The third-order valence-corrected chi connectivity index (χ3v) is 4.32. The fourth-order valence-corrected chi connectivity index (χ4v) is 2.79. The van der Waals surface area contributed by atoms with Gasteiger partial charge in [-0.05, 0) is 30.3 Å². The molecule has 1 aliphatic heterocycles. The summed E-state index contributed by atoms with van der Waals surface area (Å²) in [6.07, 6.45) is -5.50. The van der Waals surface area contributed by atoms with E-state index in [9.17, 15) is 36.3 Å². The fraction of sp³-hybridized carbons (Fsp3) is 0.118. The summed E-state index contributed by atoms with van der Waals surface area (Å²) in [7, 11) is 0. The number of imide groups is 1. The van der Waals surface area contributed by atoms with Crippen molar-refractivity contribution in [3.05, 3.63) is 64.7 Å². The number of carbonyl (C=O) groups excluding carboxylic acids is 3. The van der Waals surface area contributed by atoms with Gasteiger partial charge in [0.05, 0.1) is 16.3 Å². The quantitative estimate of drug-likeness (QED) is 0.575. The van der Waals surface area contributed by atoms with Crippen LogP contribution in [0.25, 0.3) is 0 Å². The van der Waals surface area contributed by atoms with Crippen molar-refractivity contribution in [2.24, 2.45) is 0 Å². The van der Waals surface area contributed by atoms with Gasteiger partial charge in [0.15, 0.2) is 0 Å². The summed E-state index contributed by atoms with van der Waals surface area (Å²) in [5.74, 6) is -5.59. The predicted molar refractivity (Wildman–Crippen MR) is 90.1 cm³/mol. The number of benzene rings is 2. The molecule has 2 N–H and O–H groups in total. The van der Waals surface area contributed by atoms with Gasteiger partial charge in [-0.1, -0.05) is 23.7 Å². The highest BCUT2D eigenvalue weighted by Gasteiger charge is 2.69. The number of urea groups is 1. The highest BCUT2D eigenvalue weighted by atomic mass is 35.5. The molecule has 1 fully saturated rings. The van der Waals surface area contributed by atoms with Crippen LogP contribution in [0.15, 0.2) is 42.5 Å². The smallest absolute Gasteiger partial charge is 0.314 e. The molecule has 1 heterocycles. The lowest BCUT2D eigenvalue weighted by Crippen LogP contribution is -2.69. The van der Waals surface area contributed by atoms with Gasteiger partial charge in [-0.2, -0.15) is 13.2 Å². The van der Waals surface area contributed by atoms with Crippen LogP contribution < -0.4 is 15.5 Å². The number of anilines is 1. The van der Waals surface area contributed by atoms with E-state index in [1.807, 2.05) is 0 Å². The summed E-state index contributed by atoms with van der Waals surface area (Å²) >= 11 is 5.55. The van der Waals surface area contributed by atoms with Crippen LogP contribution in [0.1, 0.15) is 10.4 Å². The molecule has 152 valence electrons. The standard InChI is InChI=1S/C17H9ClF5N3O3/c18-10-7-8(5-6-12(10)20)26-14(28)16(17(21,22)23,25-15(26)29)24-13(27)9-3-1-2-4-11(9)19/h1-7H,(H,24,27)(H,25,29)/t16-/m1/s1. The number of rotatable bonds is 3. The van der Waals surface area contributed by atoms with Crippen LogP contribution in [0.4, 0.5) is 32.4 Å². The van der Waals surface area contributed by atoms with Crippen molar-refractivity contribution < 1.29 is 36.3 Å². The number of hydrogen-bond donors (Lipinski definition) is 2. The van der Waals surface area contributed by atoms with Crippen molar-refractivity contribution in [3.8, 4) is 0 Å². The van der Waals surface area contributed by atoms with Crippen molar-refractivity contribution in [1.29, 1.82) is 0 Å². The zero-order valence-corrected chi connectivity index (χ0v) is 14.7. The normalized spacial score (nSPS) is 19.3. The molecule has 0 aromatic heterocycles. The first-order valence-corrected chi connectivity index (χ1v) is 8.11. The van der Waals surface area contributed by atoms with Crippen molar-refractivity contribution in [2.45, 2.75) is 11.8 Å².